The van der Waals surface area contributed by atoms with Gasteiger partial charge in [-0.2, -0.15) is 0 Å². The topological polar surface area (TPSA) is 110 Å². The van der Waals surface area contributed by atoms with Crippen molar-refractivity contribution in [2.24, 2.45) is 50.7 Å². The van der Waals surface area contributed by atoms with Crippen LogP contribution < -0.4 is 5.32 Å². The zero-order chi connectivity index (χ0) is 31.2. The summed E-state index contributed by atoms with van der Waals surface area (Å²) < 4.78 is 0. The summed E-state index contributed by atoms with van der Waals surface area (Å²) in [5.74, 6) is 0.396. The largest absolute Gasteiger partial charge is 0.396 e. The summed E-state index contributed by atoms with van der Waals surface area (Å²) in [7, 11) is 0. The molecular weight excluding hydrogens is 538 g/mol. The molecule has 0 bridgehead atoms. The zero-order valence-corrected chi connectivity index (χ0v) is 27.2. The number of fused-ring (bicyclic) bond motifs is 7. The van der Waals surface area contributed by atoms with E-state index in [0.29, 0.717) is 17.2 Å². The molecular formula is C37H55NO5. The fourth-order valence-corrected chi connectivity index (χ4v) is 11.9. The molecule has 6 heteroatoms. The Kier molecular flexibility index (Phi) is 7.37. The average Bonchev–Trinajstić information content (AvgIpc) is 2.97. The number of carbonyl (C=O) groups is 1. The van der Waals surface area contributed by atoms with Gasteiger partial charge < -0.3 is 25.7 Å². The minimum atomic E-state index is -1.03. The summed E-state index contributed by atoms with van der Waals surface area (Å²) in [5, 5.41) is 47.2. The van der Waals surface area contributed by atoms with Crippen molar-refractivity contribution in [2.75, 3.05) is 11.9 Å². The van der Waals surface area contributed by atoms with Crippen LogP contribution in [0, 0.1) is 50.7 Å². The lowest BCUT2D eigenvalue weighted by Crippen LogP contribution is -2.68. The van der Waals surface area contributed by atoms with E-state index >= 15 is 0 Å². The lowest BCUT2D eigenvalue weighted by molar-refractivity contribution is -0.222. The molecule has 0 aliphatic heterocycles. The number of rotatable bonds is 4. The highest BCUT2D eigenvalue weighted by atomic mass is 16.3. The number of hydrogen-bond donors (Lipinski definition) is 5. The predicted octanol–water partition coefficient (Wildman–Crippen LogP) is 6.22. The predicted molar refractivity (Wildman–Crippen MR) is 169 cm³/mol. The van der Waals surface area contributed by atoms with Gasteiger partial charge >= 0.3 is 0 Å². The van der Waals surface area contributed by atoms with Crippen LogP contribution in [-0.2, 0) is 11.4 Å². The van der Waals surface area contributed by atoms with Crippen LogP contribution in [0.3, 0.4) is 0 Å². The third kappa shape index (κ3) is 4.01. The fraction of sp³-hybridized carbons (Fsp3) is 0.757. The van der Waals surface area contributed by atoms with Gasteiger partial charge in [-0.05, 0) is 105 Å². The Balaban J connectivity index is 1.44. The molecule has 4 saturated carbocycles. The Hall–Kier alpha value is -1.73. The van der Waals surface area contributed by atoms with Gasteiger partial charge in [0, 0.05) is 22.6 Å². The van der Waals surface area contributed by atoms with E-state index in [1.54, 1.807) is 0 Å². The van der Waals surface area contributed by atoms with Crippen molar-refractivity contribution >= 4 is 11.6 Å². The molecule has 4 fully saturated rings. The summed E-state index contributed by atoms with van der Waals surface area (Å²) in [5.41, 5.74) is 0.179. The standard InChI is InChI=1S/C37H55NO5/c1-23-13-18-37(31(42)38-26-10-8-7-9-24(26)21-39)20-19-34(4)25(30(37)36(23,6)43)11-12-28-32(2)16-15-29(41)33(3,22-40)27(32)14-17-35(28,34)5/h7-11,23,27-30,39-41,43H,12-22H2,1-6H3,(H,38,42)/t23-,27?,28?,29+,30?,32+,33+,34-,35-,36-,37+/m1/s1. The van der Waals surface area contributed by atoms with Crippen LogP contribution in [0.5, 0.6) is 0 Å². The lowest BCUT2D eigenvalue weighted by Gasteiger charge is -2.72. The number of hydrogen-bond acceptors (Lipinski definition) is 5. The van der Waals surface area contributed by atoms with E-state index in [1.165, 1.54) is 5.57 Å². The maximum Gasteiger partial charge on any atom is 0.231 e. The smallest absolute Gasteiger partial charge is 0.231 e. The summed E-state index contributed by atoms with van der Waals surface area (Å²) in [6, 6.07) is 7.46. The number of nitrogens with one attached hydrogen (secondary N) is 1. The molecule has 5 aliphatic rings. The molecule has 11 atom stereocenters. The van der Waals surface area contributed by atoms with Crippen LogP contribution in [0.25, 0.3) is 0 Å². The first-order valence-corrected chi connectivity index (χ1v) is 16.9. The number of para-hydroxylation sites is 1. The molecule has 0 saturated heterocycles. The molecule has 5 aliphatic carbocycles. The molecule has 3 unspecified atom stereocenters. The van der Waals surface area contributed by atoms with E-state index < -0.39 is 22.5 Å². The molecule has 5 N–H and O–H groups in total. The number of aliphatic hydroxyl groups excluding tert-OH is 3. The van der Waals surface area contributed by atoms with E-state index in [9.17, 15) is 25.2 Å². The summed E-state index contributed by atoms with van der Waals surface area (Å²) in [4.78, 5) is 14.5. The quantitative estimate of drug-likeness (QED) is 0.266. The van der Waals surface area contributed by atoms with Crippen molar-refractivity contribution in [1.82, 2.24) is 0 Å². The van der Waals surface area contributed by atoms with Gasteiger partial charge in [-0.3, -0.25) is 4.79 Å². The average molecular weight is 594 g/mol. The minimum Gasteiger partial charge on any atom is -0.396 e. The number of aliphatic hydroxyl groups is 4. The molecule has 238 valence electrons. The molecule has 1 aromatic rings. The number of amides is 1. The van der Waals surface area contributed by atoms with Gasteiger partial charge in [-0.15, -0.1) is 0 Å². The van der Waals surface area contributed by atoms with Gasteiger partial charge in [-0.1, -0.05) is 64.5 Å². The Morgan fingerprint density at radius 2 is 1.65 bits per heavy atom. The highest BCUT2D eigenvalue weighted by Crippen LogP contribution is 2.76. The number of anilines is 1. The molecule has 0 spiro atoms. The first-order chi connectivity index (χ1) is 20.2. The second kappa shape index (κ2) is 10.1. The number of allylic oxidation sites excluding steroid dienone is 1. The van der Waals surface area contributed by atoms with Crippen LogP contribution in [0.4, 0.5) is 5.69 Å². The number of carbonyl (C=O) groups excluding carboxylic acids is 1. The Morgan fingerprint density at radius 3 is 2.35 bits per heavy atom. The van der Waals surface area contributed by atoms with E-state index in [-0.39, 0.29) is 53.1 Å². The van der Waals surface area contributed by atoms with Gasteiger partial charge in [0.1, 0.15) is 0 Å². The molecule has 6 nitrogen and oxygen atoms in total. The maximum absolute atomic E-state index is 14.5. The van der Waals surface area contributed by atoms with Crippen LogP contribution in [0.1, 0.15) is 105 Å². The van der Waals surface area contributed by atoms with Crippen molar-refractivity contribution in [2.45, 2.75) is 118 Å². The third-order valence-corrected chi connectivity index (χ3v) is 15.1. The lowest BCUT2D eigenvalue weighted by atomic mass is 9.33. The highest BCUT2D eigenvalue weighted by Gasteiger charge is 2.71. The van der Waals surface area contributed by atoms with Crippen molar-refractivity contribution in [3.63, 3.8) is 0 Å². The molecule has 1 aromatic carbocycles. The van der Waals surface area contributed by atoms with Crippen molar-refractivity contribution in [3.8, 4) is 0 Å². The SMILES string of the molecule is C[C@@H]1CC[C@]2(C(=O)Nc3ccccc3CO)CC[C@]3(C)C(=CCC4[C@@]5(C)CC[C@H](O)[C@@](C)(CO)C5CC[C@]43C)C2[C@]1(C)O. The monoisotopic (exact) mass is 593 g/mol. The van der Waals surface area contributed by atoms with Gasteiger partial charge in [0.05, 0.1) is 30.3 Å². The molecule has 1 amide bonds. The highest BCUT2D eigenvalue weighted by molar-refractivity contribution is 5.97. The summed E-state index contributed by atoms with van der Waals surface area (Å²) in [6.45, 7) is 13.4. The van der Waals surface area contributed by atoms with E-state index in [0.717, 1.165) is 57.8 Å². The number of benzene rings is 1. The zero-order valence-electron chi connectivity index (χ0n) is 27.2. The Bertz CT molecular complexity index is 1310. The van der Waals surface area contributed by atoms with E-state index in [2.05, 4.69) is 46.0 Å². The molecule has 6 rings (SSSR count). The normalized spacial score (nSPS) is 49.1. The fourth-order valence-electron chi connectivity index (χ4n) is 11.9. The van der Waals surface area contributed by atoms with Crippen LogP contribution >= 0.6 is 0 Å². The second-order valence-corrected chi connectivity index (χ2v) is 16.5. The first kappa shape index (κ1) is 31.3. The third-order valence-electron chi connectivity index (χ3n) is 15.1. The van der Waals surface area contributed by atoms with Crippen molar-refractivity contribution in [3.05, 3.63) is 41.5 Å². The minimum absolute atomic E-state index is 0.00294. The van der Waals surface area contributed by atoms with Crippen molar-refractivity contribution in [1.29, 1.82) is 0 Å². The second-order valence-electron chi connectivity index (χ2n) is 16.5. The maximum atomic E-state index is 14.5. The van der Waals surface area contributed by atoms with Gasteiger partial charge in [-0.25, -0.2) is 0 Å². The van der Waals surface area contributed by atoms with E-state index in [4.69, 9.17) is 0 Å². The molecule has 43 heavy (non-hydrogen) atoms. The summed E-state index contributed by atoms with van der Waals surface area (Å²) >= 11 is 0. The summed E-state index contributed by atoms with van der Waals surface area (Å²) in [6.07, 6.45) is 9.67. The van der Waals surface area contributed by atoms with Crippen LogP contribution in [0.15, 0.2) is 35.9 Å². The van der Waals surface area contributed by atoms with Crippen LogP contribution in [0.2, 0.25) is 0 Å². The van der Waals surface area contributed by atoms with Gasteiger partial charge in [0.2, 0.25) is 5.91 Å². The van der Waals surface area contributed by atoms with Gasteiger partial charge in [0.15, 0.2) is 0 Å². The van der Waals surface area contributed by atoms with Crippen LogP contribution in [-0.4, -0.2) is 44.6 Å². The molecule has 0 heterocycles. The van der Waals surface area contributed by atoms with E-state index in [1.807, 2.05) is 31.2 Å². The molecule has 0 aromatic heterocycles. The van der Waals surface area contributed by atoms with Gasteiger partial charge in [0.25, 0.3) is 0 Å². The Morgan fingerprint density at radius 1 is 0.930 bits per heavy atom. The van der Waals surface area contributed by atoms with Crippen molar-refractivity contribution < 1.29 is 25.2 Å². The molecule has 0 radical (unpaired) electrons. The Labute approximate surface area is 258 Å². The first-order valence-electron chi connectivity index (χ1n) is 16.9.